The SMILES string of the molecule is CC(=O)N(C)c1ccccc1S(C)(=O)=O. The van der Waals surface area contributed by atoms with Crippen LogP contribution in [0.1, 0.15) is 6.92 Å². The van der Waals surface area contributed by atoms with Gasteiger partial charge in [-0.3, -0.25) is 4.79 Å². The molecule has 1 amide bonds. The molecule has 0 saturated heterocycles. The fraction of sp³-hybridized carbons (Fsp3) is 0.300. The van der Waals surface area contributed by atoms with Gasteiger partial charge >= 0.3 is 0 Å². The minimum Gasteiger partial charge on any atom is -0.314 e. The molecule has 4 nitrogen and oxygen atoms in total. The summed E-state index contributed by atoms with van der Waals surface area (Å²) in [5.74, 6) is -0.203. The molecule has 0 aliphatic carbocycles. The summed E-state index contributed by atoms with van der Waals surface area (Å²) < 4.78 is 22.9. The first-order chi connectivity index (χ1) is 6.84. The van der Waals surface area contributed by atoms with E-state index in [1.807, 2.05) is 0 Å². The number of carbonyl (C=O) groups is 1. The minimum absolute atomic E-state index is 0.169. The summed E-state index contributed by atoms with van der Waals surface area (Å²) in [6.07, 6.45) is 1.12. The molecular formula is C10H13NO3S. The Morgan fingerprint density at radius 1 is 1.27 bits per heavy atom. The fourth-order valence-electron chi connectivity index (χ4n) is 1.22. The zero-order valence-corrected chi connectivity index (χ0v) is 9.71. The lowest BCUT2D eigenvalue weighted by atomic mass is 10.3. The predicted molar refractivity (Wildman–Crippen MR) is 58.6 cm³/mol. The Hall–Kier alpha value is -1.36. The van der Waals surface area contributed by atoms with Crippen LogP contribution >= 0.6 is 0 Å². The van der Waals surface area contributed by atoms with Crippen molar-refractivity contribution in [3.8, 4) is 0 Å². The number of amides is 1. The highest BCUT2D eigenvalue weighted by Crippen LogP contribution is 2.23. The van der Waals surface area contributed by atoms with Crippen LogP contribution in [0, 0.1) is 0 Å². The van der Waals surface area contributed by atoms with E-state index in [0.29, 0.717) is 5.69 Å². The standard InChI is InChI=1S/C10H13NO3S/c1-8(12)11(2)9-6-4-5-7-10(9)15(3,13)14/h4-7H,1-3H3. The van der Waals surface area contributed by atoms with Gasteiger partial charge in [0.15, 0.2) is 9.84 Å². The van der Waals surface area contributed by atoms with Gasteiger partial charge in [-0.15, -0.1) is 0 Å². The molecule has 0 unspecified atom stereocenters. The van der Waals surface area contributed by atoms with Crippen molar-refractivity contribution >= 4 is 21.4 Å². The third kappa shape index (κ3) is 2.56. The third-order valence-corrected chi connectivity index (χ3v) is 3.24. The van der Waals surface area contributed by atoms with E-state index in [9.17, 15) is 13.2 Å². The maximum atomic E-state index is 11.4. The van der Waals surface area contributed by atoms with Crippen molar-refractivity contribution in [2.45, 2.75) is 11.8 Å². The van der Waals surface area contributed by atoms with E-state index in [0.717, 1.165) is 6.26 Å². The van der Waals surface area contributed by atoms with Gasteiger partial charge in [0.1, 0.15) is 0 Å². The fourth-order valence-corrected chi connectivity index (χ4v) is 2.13. The quantitative estimate of drug-likeness (QED) is 0.759. The molecule has 0 aliphatic rings. The van der Waals surface area contributed by atoms with Gasteiger partial charge in [0.05, 0.1) is 10.6 Å². The maximum absolute atomic E-state index is 11.4. The number of anilines is 1. The Labute approximate surface area is 89.4 Å². The molecule has 0 fully saturated rings. The highest BCUT2D eigenvalue weighted by atomic mass is 32.2. The molecule has 1 aromatic rings. The summed E-state index contributed by atoms with van der Waals surface area (Å²) >= 11 is 0. The Balaban J connectivity index is 3.37. The van der Waals surface area contributed by atoms with E-state index in [4.69, 9.17) is 0 Å². The smallest absolute Gasteiger partial charge is 0.223 e. The molecule has 0 heterocycles. The summed E-state index contributed by atoms with van der Waals surface area (Å²) in [5, 5.41) is 0. The van der Waals surface area contributed by atoms with Crippen molar-refractivity contribution in [1.82, 2.24) is 0 Å². The number of para-hydroxylation sites is 1. The van der Waals surface area contributed by atoms with Crippen molar-refractivity contribution in [1.29, 1.82) is 0 Å². The molecule has 82 valence electrons. The monoisotopic (exact) mass is 227 g/mol. The van der Waals surface area contributed by atoms with E-state index in [1.54, 1.807) is 25.2 Å². The molecule has 0 aliphatic heterocycles. The summed E-state index contributed by atoms with van der Waals surface area (Å²) in [6, 6.07) is 6.43. The van der Waals surface area contributed by atoms with Crippen LogP contribution in [0.15, 0.2) is 29.2 Å². The van der Waals surface area contributed by atoms with Crippen molar-refractivity contribution in [3.63, 3.8) is 0 Å². The largest absolute Gasteiger partial charge is 0.314 e. The number of nitrogens with zero attached hydrogens (tertiary/aromatic N) is 1. The van der Waals surface area contributed by atoms with Gasteiger partial charge in [-0.05, 0) is 12.1 Å². The van der Waals surface area contributed by atoms with Crippen molar-refractivity contribution in [2.75, 3.05) is 18.2 Å². The second-order valence-corrected chi connectivity index (χ2v) is 5.30. The van der Waals surface area contributed by atoms with Crippen LogP contribution in [0.2, 0.25) is 0 Å². The van der Waals surface area contributed by atoms with E-state index in [-0.39, 0.29) is 10.8 Å². The van der Waals surface area contributed by atoms with Crippen molar-refractivity contribution < 1.29 is 13.2 Å². The second-order valence-electron chi connectivity index (χ2n) is 3.32. The number of rotatable bonds is 2. The average Bonchev–Trinajstić information content (AvgIpc) is 2.15. The molecule has 15 heavy (non-hydrogen) atoms. The van der Waals surface area contributed by atoms with Crippen LogP contribution in [0.4, 0.5) is 5.69 Å². The highest BCUT2D eigenvalue weighted by molar-refractivity contribution is 7.90. The average molecular weight is 227 g/mol. The van der Waals surface area contributed by atoms with Gasteiger partial charge < -0.3 is 4.90 Å². The lowest BCUT2D eigenvalue weighted by Crippen LogP contribution is -2.24. The lowest BCUT2D eigenvalue weighted by molar-refractivity contribution is -0.116. The van der Waals surface area contributed by atoms with E-state index >= 15 is 0 Å². The van der Waals surface area contributed by atoms with Gasteiger partial charge in [0.25, 0.3) is 0 Å². The Morgan fingerprint density at radius 2 is 1.80 bits per heavy atom. The van der Waals surface area contributed by atoms with E-state index < -0.39 is 9.84 Å². The van der Waals surface area contributed by atoms with Crippen LogP contribution in [0.25, 0.3) is 0 Å². The van der Waals surface area contributed by atoms with Crippen LogP contribution in [0.5, 0.6) is 0 Å². The second kappa shape index (κ2) is 4.02. The third-order valence-electron chi connectivity index (χ3n) is 2.10. The van der Waals surface area contributed by atoms with Crippen LogP contribution in [0.3, 0.4) is 0 Å². The lowest BCUT2D eigenvalue weighted by Gasteiger charge is -2.17. The van der Waals surface area contributed by atoms with Gasteiger partial charge in [-0.2, -0.15) is 0 Å². The van der Waals surface area contributed by atoms with Gasteiger partial charge in [-0.25, -0.2) is 8.42 Å². The van der Waals surface area contributed by atoms with E-state index in [2.05, 4.69) is 0 Å². The first-order valence-electron chi connectivity index (χ1n) is 4.37. The van der Waals surface area contributed by atoms with Gasteiger partial charge in [-0.1, -0.05) is 12.1 Å². The van der Waals surface area contributed by atoms with Gasteiger partial charge in [0.2, 0.25) is 5.91 Å². The van der Waals surface area contributed by atoms with Gasteiger partial charge in [0, 0.05) is 20.2 Å². The molecule has 0 aromatic heterocycles. The molecule has 5 heteroatoms. The topological polar surface area (TPSA) is 54.5 Å². The molecule has 0 saturated carbocycles. The number of benzene rings is 1. The first kappa shape index (κ1) is 11.7. The summed E-state index contributed by atoms with van der Waals surface area (Å²) in [6.45, 7) is 1.39. The number of carbonyl (C=O) groups excluding carboxylic acids is 1. The minimum atomic E-state index is -3.31. The predicted octanol–water partition coefficient (Wildman–Crippen LogP) is 1.07. The number of hydrogen-bond acceptors (Lipinski definition) is 3. The summed E-state index contributed by atoms with van der Waals surface area (Å²) in [7, 11) is -1.76. The van der Waals surface area contributed by atoms with Crippen LogP contribution in [-0.4, -0.2) is 27.6 Å². The van der Waals surface area contributed by atoms with Crippen molar-refractivity contribution in [2.24, 2.45) is 0 Å². The Morgan fingerprint density at radius 3 is 2.27 bits per heavy atom. The molecule has 0 radical (unpaired) electrons. The molecule has 1 rings (SSSR count). The highest BCUT2D eigenvalue weighted by Gasteiger charge is 2.16. The normalized spacial score (nSPS) is 11.1. The summed E-state index contributed by atoms with van der Waals surface area (Å²) in [5.41, 5.74) is 0.410. The van der Waals surface area contributed by atoms with Crippen LogP contribution in [-0.2, 0) is 14.6 Å². The number of sulfone groups is 1. The molecule has 0 N–H and O–H groups in total. The molecule has 1 aromatic carbocycles. The Kier molecular flexibility index (Phi) is 3.14. The number of hydrogen-bond donors (Lipinski definition) is 0. The molecule has 0 spiro atoms. The summed E-state index contributed by atoms with van der Waals surface area (Å²) in [4.78, 5) is 12.6. The molecule has 0 bridgehead atoms. The zero-order valence-electron chi connectivity index (χ0n) is 8.89. The van der Waals surface area contributed by atoms with E-state index in [1.165, 1.54) is 17.9 Å². The first-order valence-corrected chi connectivity index (χ1v) is 6.26. The molecule has 0 atom stereocenters. The van der Waals surface area contributed by atoms with Crippen LogP contribution < -0.4 is 4.90 Å². The Bertz CT molecular complexity index is 479. The maximum Gasteiger partial charge on any atom is 0.223 e. The molecular weight excluding hydrogens is 214 g/mol. The zero-order chi connectivity index (χ0) is 11.6. The van der Waals surface area contributed by atoms with Crippen molar-refractivity contribution in [3.05, 3.63) is 24.3 Å².